The van der Waals surface area contributed by atoms with E-state index >= 15 is 0 Å². The van der Waals surface area contributed by atoms with Crippen LogP contribution in [-0.4, -0.2) is 0 Å². The van der Waals surface area contributed by atoms with Gasteiger partial charge in [0.15, 0.2) is 11.6 Å². The molecule has 152 valence electrons. The predicted molar refractivity (Wildman–Crippen MR) is 103 cm³/mol. The van der Waals surface area contributed by atoms with Crippen LogP contribution in [0.5, 0.6) is 0 Å². The summed E-state index contributed by atoms with van der Waals surface area (Å²) in [5.74, 6) is 0.262. The van der Waals surface area contributed by atoms with Gasteiger partial charge in [-0.05, 0) is 48.4 Å². The number of benzene rings is 3. The lowest BCUT2D eigenvalue weighted by Gasteiger charge is -2.03. The van der Waals surface area contributed by atoms with Gasteiger partial charge in [0.1, 0.15) is 17.5 Å². The van der Waals surface area contributed by atoms with Crippen molar-refractivity contribution in [3.8, 4) is 11.8 Å². The zero-order valence-electron chi connectivity index (χ0n) is 15.8. The second kappa shape index (κ2) is 9.31. The van der Waals surface area contributed by atoms with E-state index in [9.17, 15) is 22.0 Å². The maximum atomic E-state index is 14.3. The van der Waals surface area contributed by atoms with Gasteiger partial charge in [-0.15, -0.1) is 0 Å². The van der Waals surface area contributed by atoms with Crippen molar-refractivity contribution in [2.45, 2.75) is 19.8 Å². The molecule has 3 aromatic rings. The Bertz CT molecular complexity index is 1150. The van der Waals surface area contributed by atoms with E-state index in [1.54, 1.807) is 0 Å². The van der Waals surface area contributed by atoms with Crippen molar-refractivity contribution < 1.29 is 22.0 Å². The third-order valence-electron chi connectivity index (χ3n) is 4.10. The van der Waals surface area contributed by atoms with Crippen LogP contribution < -0.4 is 0 Å². The molecule has 0 unspecified atom stereocenters. The Morgan fingerprint density at radius 2 is 1.27 bits per heavy atom. The maximum Gasteiger partial charge on any atom is 0.161 e. The Morgan fingerprint density at radius 3 is 1.83 bits per heavy atom. The fraction of sp³-hybridized carbons (Fsp3) is 0.130. The summed E-state index contributed by atoms with van der Waals surface area (Å²) in [6, 6.07) is 9.08. The van der Waals surface area contributed by atoms with Gasteiger partial charge in [0.2, 0.25) is 0 Å². The third kappa shape index (κ3) is 5.09. The summed E-state index contributed by atoms with van der Waals surface area (Å²) < 4.78 is 68.5. The number of hydrogen-bond donors (Lipinski definition) is 0. The van der Waals surface area contributed by atoms with Crippen molar-refractivity contribution in [2.75, 3.05) is 0 Å². The molecule has 0 fully saturated rings. The highest BCUT2D eigenvalue weighted by molar-refractivity contribution is 5.49. The van der Waals surface area contributed by atoms with E-state index < -0.39 is 34.6 Å². The van der Waals surface area contributed by atoms with Crippen molar-refractivity contribution in [2.24, 2.45) is 10.2 Å². The molecule has 0 aliphatic rings. The SMILES string of the molecule is CCCc1cc(F)c(C#Cc2ccc(N=Nc3ccc(F)c(F)c3)cc2F)c(F)c1. The third-order valence-corrected chi connectivity index (χ3v) is 4.10. The van der Waals surface area contributed by atoms with Gasteiger partial charge in [0.25, 0.3) is 0 Å². The molecule has 3 rings (SSSR count). The molecule has 0 spiro atoms. The van der Waals surface area contributed by atoms with Crippen molar-refractivity contribution in [3.05, 3.63) is 94.3 Å². The summed E-state index contributed by atoms with van der Waals surface area (Å²) >= 11 is 0. The molecule has 7 heteroatoms. The zero-order chi connectivity index (χ0) is 21.7. The Balaban J connectivity index is 1.82. The molecule has 2 nitrogen and oxygen atoms in total. The lowest BCUT2D eigenvalue weighted by Crippen LogP contribution is -1.95. The summed E-state index contributed by atoms with van der Waals surface area (Å²) in [6.07, 6.45) is 1.28. The van der Waals surface area contributed by atoms with Gasteiger partial charge in [-0.25, -0.2) is 22.0 Å². The van der Waals surface area contributed by atoms with E-state index in [-0.39, 0.29) is 16.9 Å². The van der Waals surface area contributed by atoms with Gasteiger partial charge in [-0.3, -0.25) is 0 Å². The summed E-state index contributed by atoms with van der Waals surface area (Å²) in [4.78, 5) is 0. The monoisotopic (exact) mass is 414 g/mol. The van der Waals surface area contributed by atoms with Crippen LogP contribution in [0.3, 0.4) is 0 Å². The van der Waals surface area contributed by atoms with Crippen LogP contribution in [0.15, 0.2) is 58.8 Å². The molecule has 0 bridgehead atoms. The van der Waals surface area contributed by atoms with E-state index in [1.807, 2.05) is 6.92 Å². The quantitative estimate of drug-likeness (QED) is 0.246. The largest absolute Gasteiger partial charge is 0.206 e. The first kappa shape index (κ1) is 21.2. The fourth-order valence-corrected chi connectivity index (χ4v) is 2.64. The normalized spacial score (nSPS) is 10.9. The number of nitrogens with zero attached hydrogens (tertiary/aromatic N) is 2. The summed E-state index contributed by atoms with van der Waals surface area (Å²) in [6.45, 7) is 1.90. The zero-order valence-corrected chi connectivity index (χ0v) is 15.8. The molecule has 0 heterocycles. The van der Waals surface area contributed by atoms with E-state index in [1.165, 1.54) is 30.3 Å². The lowest BCUT2D eigenvalue weighted by atomic mass is 10.1. The first-order valence-corrected chi connectivity index (χ1v) is 9.03. The van der Waals surface area contributed by atoms with E-state index in [2.05, 4.69) is 22.1 Å². The van der Waals surface area contributed by atoms with Crippen LogP contribution in [-0.2, 0) is 6.42 Å². The predicted octanol–water partition coefficient (Wildman–Crippen LogP) is 7.15. The van der Waals surface area contributed by atoms with Gasteiger partial charge < -0.3 is 0 Å². The molecule has 0 saturated carbocycles. The Hall–Kier alpha value is -3.53. The second-order valence-electron chi connectivity index (χ2n) is 6.40. The van der Waals surface area contributed by atoms with Gasteiger partial charge >= 0.3 is 0 Å². The highest BCUT2D eigenvalue weighted by Gasteiger charge is 2.09. The average Bonchev–Trinajstić information content (AvgIpc) is 2.70. The molecule has 0 amide bonds. The summed E-state index contributed by atoms with van der Waals surface area (Å²) in [5, 5.41) is 7.46. The van der Waals surface area contributed by atoms with Crippen molar-refractivity contribution in [1.29, 1.82) is 0 Å². The molecule has 30 heavy (non-hydrogen) atoms. The topological polar surface area (TPSA) is 24.7 Å². The lowest BCUT2D eigenvalue weighted by molar-refractivity contribution is 0.509. The Kier molecular flexibility index (Phi) is 6.58. The summed E-state index contributed by atoms with van der Waals surface area (Å²) in [5.41, 5.74) is 0.161. The minimum absolute atomic E-state index is 0.0515. The fourth-order valence-electron chi connectivity index (χ4n) is 2.64. The number of hydrogen-bond acceptors (Lipinski definition) is 2. The van der Waals surface area contributed by atoms with Crippen LogP contribution in [0.2, 0.25) is 0 Å². The van der Waals surface area contributed by atoms with E-state index in [0.29, 0.717) is 12.0 Å². The molecular formula is C23H15F5N2. The number of rotatable bonds is 4. The maximum absolute atomic E-state index is 14.3. The van der Waals surface area contributed by atoms with Crippen LogP contribution >= 0.6 is 0 Å². The molecule has 3 aromatic carbocycles. The van der Waals surface area contributed by atoms with Crippen molar-refractivity contribution >= 4 is 11.4 Å². The Labute approximate surface area is 170 Å². The van der Waals surface area contributed by atoms with Crippen LogP contribution in [0.25, 0.3) is 0 Å². The van der Waals surface area contributed by atoms with E-state index in [4.69, 9.17) is 0 Å². The average molecular weight is 414 g/mol. The highest BCUT2D eigenvalue weighted by Crippen LogP contribution is 2.22. The van der Waals surface area contributed by atoms with Gasteiger partial charge in [0, 0.05) is 12.1 Å². The molecular weight excluding hydrogens is 399 g/mol. The minimum Gasteiger partial charge on any atom is -0.206 e. The molecule has 0 N–H and O–H groups in total. The van der Waals surface area contributed by atoms with Gasteiger partial charge in [-0.1, -0.05) is 25.2 Å². The summed E-state index contributed by atoms with van der Waals surface area (Å²) in [7, 11) is 0. The Morgan fingerprint density at radius 1 is 0.667 bits per heavy atom. The molecule has 0 saturated heterocycles. The number of aryl methyl sites for hydroxylation is 1. The van der Waals surface area contributed by atoms with Gasteiger partial charge in [-0.2, -0.15) is 10.2 Å². The molecule has 0 aliphatic heterocycles. The molecule has 0 aromatic heterocycles. The first-order valence-electron chi connectivity index (χ1n) is 9.03. The number of azo groups is 1. The first-order chi connectivity index (χ1) is 14.4. The van der Waals surface area contributed by atoms with Crippen LogP contribution in [0, 0.1) is 40.9 Å². The standard InChI is InChI=1S/C23H15F5N2/c1-2-3-14-10-21(26)18(22(27)11-14)8-5-15-4-6-16(12-20(15)25)29-30-17-7-9-19(24)23(28)13-17/h4,6-7,9-13H,2-3H2,1H3. The van der Waals surface area contributed by atoms with Gasteiger partial charge in [0.05, 0.1) is 22.5 Å². The second-order valence-corrected chi connectivity index (χ2v) is 6.40. The number of halogens is 5. The molecule has 0 aliphatic carbocycles. The van der Waals surface area contributed by atoms with E-state index in [0.717, 1.165) is 24.6 Å². The minimum atomic E-state index is -1.08. The molecule has 0 radical (unpaired) electrons. The van der Waals surface area contributed by atoms with Crippen molar-refractivity contribution in [1.82, 2.24) is 0 Å². The smallest absolute Gasteiger partial charge is 0.161 e. The van der Waals surface area contributed by atoms with Crippen LogP contribution in [0.1, 0.15) is 30.0 Å². The highest BCUT2D eigenvalue weighted by atomic mass is 19.2. The van der Waals surface area contributed by atoms with Crippen molar-refractivity contribution in [3.63, 3.8) is 0 Å². The molecule has 0 atom stereocenters. The van der Waals surface area contributed by atoms with Crippen LogP contribution in [0.4, 0.5) is 33.3 Å².